The molecule has 1 aromatic rings. The fraction of sp³-hybridized carbons (Fsp3) is 0.696. The molecule has 2 fully saturated rings. The number of amides is 1. The summed E-state index contributed by atoms with van der Waals surface area (Å²) in [7, 11) is 3.75. The van der Waals surface area contributed by atoms with E-state index in [0.717, 1.165) is 51.1 Å². The molecule has 2 aliphatic rings. The molecule has 6 heteroatoms. The Kier molecular flexibility index (Phi) is 7.78. The number of piperazine rings is 1. The van der Waals surface area contributed by atoms with E-state index in [0.29, 0.717) is 12.6 Å². The Morgan fingerprint density at radius 1 is 1.17 bits per heavy atom. The molecule has 1 aliphatic carbocycles. The van der Waals surface area contributed by atoms with Crippen LogP contribution in [0.1, 0.15) is 33.1 Å². The summed E-state index contributed by atoms with van der Waals surface area (Å²) in [6.07, 6.45) is 4.06. The lowest BCUT2D eigenvalue weighted by atomic mass is 9.91. The third-order valence-corrected chi connectivity index (χ3v) is 6.52. The van der Waals surface area contributed by atoms with Gasteiger partial charge in [-0.1, -0.05) is 6.42 Å². The van der Waals surface area contributed by atoms with Gasteiger partial charge in [-0.25, -0.2) is 0 Å². The second-order valence-corrected chi connectivity index (χ2v) is 8.53. The molecular formula is C23H38N4O2. The minimum atomic E-state index is 0.264. The maximum atomic E-state index is 12.8. The third-order valence-electron chi connectivity index (χ3n) is 6.52. The van der Waals surface area contributed by atoms with Crippen LogP contribution in [0, 0.1) is 0 Å². The van der Waals surface area contributed by atoms with Gasteiger partial charge < -0.3 is 14.5 Å². The topological polar surface area (TPSA) is 39.3 Å². The number of anilines is 1. The van der Waals surface area contributed by atoms with E-state index in [4.69, 9.17) is 4.74 Å². The predicted molar refractivity (Wildman–Crippen MR) is 119 cm³/mol. The van der Waals surface area contributed by atoms with Crippen molar-refractivity contribution in [2.75, 3.05) is 64.9 Å². The number of nitrogens with zero attached hydrogens (tertiary/aromatic N) is 4. The van der Waals surface area contributed by atoms with Crippen LogP contribution >= 0.6 is 0 Å². The molecule has 0 spiro atoms. The highest BCUT2D eigenvalue weighted by Crippen LogP contribution is 2.25. The first-order chi connectivity index (χ1) is 14.0. The summed E-state index contributed by atoms with van der Waals surface area (Å²) in [6, 6.07) is 9.31. The number of methoxy groups -OCH3 is 1. The number of hydrogen-bond donors (Lipinski definition) is 0. The minimum absolute atomic E-state index is 0.264. The lowest BCUT2D eigenvalue weighted by Gasteiger charge is -2.43. The Bertz CT molecular complexity index is 639. The van der Waals surface area contributed by atoms with Crippen molar-refractivity contribution in [3.05, 3.63) is 24.3 Å². The molecule has 162 valence electrons. The molecule has 6 nitrogen and oxygen atoms in total. The number of carbonyl (C=O) groups excluding carboxylic acids is 1. The SMILES string of the molecule is CCN(c1ccc(OC)cc1)C(C)CN(C)CC(=O)N1CCN(C2CCC2)CC1. The van der Waals surface area contributed by atoms with Crippen LogP contribution in [0.15, 0.2) is 24.3 Å². The van der Waals surface area contributed by atoms with E-state index >= 15 is 0 Å². The third kappa shape index (κ3) is 5.64. The Balaban J connectivity index is 1.45. The fourth-order valence-corrected chi connectivity index (χ4v) is 4.56. The van der Waals surface area contributed by atoms with Gasteiger partial charge in [0, 0.05) is 57.0 Å². The van der Waals surface area contributed by atoms with Crippen LogP contribution in [-0.2, 0) is 4.79 Å². The van der Waals surface area contributed by atoms with Gasteiger partial charge in [-0.3, -0.25) is 14.6 Å². The Hall–Kier alpha value is -1.79. The van der Waals surface area contributed by atoms with E-state index in [1.165, 1.54) is 24.9 Å². The molecule has 0 aromatic heterocycles. The van der Waals surface area contributed by atoms with Crippen LogP contribution in [0.4, 0.5) is 5.69 Å². The largest absolute Gasteiger partial charge is 0.497 e. The molecule has 1 saturated carbocycles. The monoisotopic (exact) mass is 402 g/mol. The standard InChI is InChI=1S/C23H38N4O2/c1-5-27(21-9-11-22(29-4)12-10-21)19(2)17-24(3)18-23(28)26-15-13-25(14-16-26)20-7-6-8-20/h9-12,19-20H,5-8,13-18H2,1-4H3. The van der Waals surface area contributed by atoms with Gasteiger partial charge >= 0.3 is 0 Å². The van der Waals surface area contributed by atoms with Gasteiger partial charge in [-0.2, -0.15) is 0 Å². The highest BCUT2D eigenvalue weighted by molar-refractivity contribution is 5.78. The van der Waals surface area contributed by atoms with Crippen molar-refractivity contribution in [2.45, 2.75) is 45.2 Å². The molecule has 0 N–H and O–H groups in total. The first kappa shape index (κ1) is 21.9. The number of ether oxygens (including phenoxy) is 1. The zero-order valence-corrected chi connectivity index (χ0v) is 18.6. The number of hydrogen-bond acceptors (Lipinski definition) is 5. The molecule has 29 heavy (non-hydrogen) atoms. The summed E-state index contributed by atoms with van der Waals surface area (Å²) in [4.78, 5) is 21.9. The summed E-state index contributed by atoms with van der Waals surface area (Å²) >= 11 is 0. The highest BCUT2D eigenvalue weighted by atomic mass is 16.5. The number of carbonyl (C=O) groups is 1. The summed E-state index contributed by atoms with van der Waals surface area (Å²) in [5.41, 5.74) is 1.19. The van der Waals surface area contributed by atoms with Gasteiger partial charge in [0.1, 0.15) is 5.75 Å². The van der Waals surface area contributed by atoms with Crippen molar-refractivity contribution in [1.29, 1.82) is 0 Å². The normalized spacial score (nSPS) is 19.1. The average Bonchev–Trinajstić information content (AvgIpc) is 2.68. The fourth-order valence-electron chi connectivity index (χ4n) is 4.56. The molecule has 1 saturated heterocycles. The summed E-state index contributed by atoms with van der Waals surface area (Å²) < 4.78 is 5.27. The van der Waals surface area contributed by atoms with Crippen molar-refractivity contribution in [2.24, 2.45) is 0 Å². The van der Waals surface area contributed by atoms with Crippen molar-refractivity contribution in [1.82, 2.24) is 14.7 Å². The van der Waals surface area contributed by atoms with Crippen LogP contribution in [0.2, 0.25) is 0 Å². The molecule has 0 radical (unpaired) electrons. The second kappa shape index (κ2) is 10.3. The number of likely N-dealkylation sites (N-methyl/N-ethyl adjacent to an activating group) is 2. The maximum absolute atomic E-state index is 12.8. The second-order valence-electron chi connectivity index (χ2n) is 8.53. The van der Waals surface area contributed by atoms with Crippen molar-refractivity contribution >= 4 is 11.6 Å². The predicted octanol–water partition coefficient (Wildman–Crippen LogP) is 2.54. The van der Waals surface area contributed by atoms with E-state index < -0.39 is 0 Å². The molecule has 1 atom stereocenters. The van der Waals surface area contributed by atoms with E-state index in [2.05, 4.69) is 52.6 Å². The Morgan fingerprint density at radius 2 is 1.83 bits per heavy atom. The Morgan fingerprint density at radius 3 is 2.34 bits per heavy atom. The smallest absolute Gasteiger partial charge is 0.236 e. The van der Waals surface area contributed by atoms with Gasteiger partial charge in [0.15, 0.2) is 0 Å². The van der Waals surface area contributed by atoms with Gasteiger partial charge in [0.05, 0.1) is 13.7 Å². The number of rotatable bonds is 9. The van der Waals surface area contributed by atoms with Crippen molar-refractivity contribution < 1.29 is 9.53 Å². The van der Waals surface area contributed by atoms with Crippen LogP contribution in [0.5, 0.6) is 5.75 Å². The lowest BCUT2D eigenvalue weighted by Crippen LogP contribution is -2.55. The van der Waals surface area contributed by atoms with Crippen molar-refractivity contribution in [3.63, 3.8) is 0 Å². The van der Waals surface area contributed by atoms with Gasteiger partial charge in [-0.05, 0) is 58.0 Å². The summed E-state index contributed by atoms with van der Waals surface area (Å²) in [5.74, 6) is 1.14. The van der Waals surface area contributed by atoms with Crippen LogP contribution in [0.3, 0.4) is 0 Å². The minimum Gasteiger partial charge on any atom is -0.497 e. The van der Waals surface area contributed by atoms with E-state index in [1.807, 2.05) is 12.1 Å². The molecule has 1 aromatic carbocycles. The molecule has 0 bridgehead atoms. The van der Waals surface area contributed by atoms with E-state index in [1.54, 1.807) is 7.11 Å². The van der Waals surface area contributed by atoms with Gasteiger partial charge in [-0.15, -0.1) is 0 Å². The quantitative estimate of drug-likeness (QED) is 0.635. The molecule has 1 aliphatic heterocycles. The van der Waals surface area contributed by atoms with Crippen LogP contribution in [-0.4, -0.2) is 92.7 Å². The molecule has 3 rings (SSSR count). The first-order valence-electron chi connectivity index (χ1n) is 11.1. The Labute approximate surface area is 176 Å². The van der Waals surface area contributed by atoms with Crippen molar-refractivity contribution in [3.8, 4) is 5.75 Å². The van der Waals surface area contributed by atoms with Crippen LogP contribution in [0.25, 0.3) is 0 Å². The maximum Gasteiger partial charge on any atom is 0.236 e. The van der Waals surface area contributed by atoms with Gasteiger partial charge in [0.25, 0.3) is 0 Å². The molecular weight excluding hydrogens is 364 g/mol. The number of benzene rings is 1. The van der Waals surface area contributed by atoms with E-state index in [9.17, 15) is 4.79 Å². The zero-order chi connectivity index (χ0) is 20.8. The van der Waals surface area contributed by atoms with Gasteiger partial charge in [0.2, 0.25) is 5.91 Å². The van der Waals surface area contributed by atoms with E-state index in [-0.39, 0.29) is 5.91 Å². The first-order valence-corrected chi connectivity index (χ1v) is 11.1. The molecule has 1 heterocycles. The molecule has 1 amide bonds. The zero-order valence-electron chi connectivity index (χ0n) is 18.6. The lowest BCUT2D eigenvalue weighted by molar-refractivity contribution is -0.134. The average molecular weight is 403 g/mol. The highest BCUT2D eigenvalue weighted by Gasteiger charge is 2.29. The molecule has 1 unspecified atom stereocenters. The summed E-state index contributed by atoms with van der Waals surface area (Å²) in [5, 5.41) is 0. The summed E-state index contributed by atoms with van der Waals surface area (Å²) in [6.45, 7) is 10.5. The van der Waals surface area contributed by atoms with Crippen LogP contribution < -0.4 is 9.64 Å².